The number of benzene rings is 3. The van der Waals surface area contributed by atoms with Gasteiger partial charge in [0.15, 0.2) is 5.78 Å². The highest BCUT2D eigenvalue weighted by atomic mass is 32.2. The number of hydrogen-bond donors (Lipinski definition) is 0. The molecule has 0 saturated heterocycles. The third kappa shape index (κ3) is 3.72. The average molecular weight is 318 g/mol. The molecule has 0 aliphatic carbocycles. The van der Waals surface area contributed by atoms with E-state index >= 15 is 0 Å². The summed E-state index contributed by atoms with van der Waals surface area (Å²) in [5, 5.41) is 0. The van der Waals surface area contributed by atoms with Crippen molar-refractivity contribution in [2.45, 2.75) is 23.6 Å². The van der Waals surface area contributed by atoms with Crippen LogP contribution < -0.4 is 0 Å². The van der Waals surface area contributed by atoms with E-state index in [1.54, 1.807) is 11.8 Å². The molecular formula is C21H18OS. The Labute approximate surface area is 141 Å². The van der Waals surface area contributed by atoms with Gasteiger partial charge in [-0.3, -0.25) is 4.79 Å². The van der Waals surface area contributed by atoms with Gasteiger partial charge in [-0.05, 0) is 55.8 Å². The lowest BCUT2D eigenvalue weighted by Crippen LogP contribution is -2.03. The first kappa shape index (κ1) is 15.6. The van der Waals surface area contributed by atoms with Gasteiger partial charge in [0.2, 0.25) is 0 Å². The summed E-state index contributed by atoms with van der Waals surface area (Å²) in [6.45, 7) is 4.05. The maximum absolute atomic E-state index is 12.6. The van der Waals surface area contributed by atoms with Crippen LogP contribution in [-0.2, 0) is 0 Å². The van der Waals surface area contributed by atoms with Gasteiger partial charge in [-0.2, -0.15) is 0 Å². The highest BCUT2D eigenvalue weighted by Crippen LogP contribution is 2.28. The maximum Gasteiger partial charge on any atom is 0.193 e. The molecule has 1 nitrogen and oxygen atoms in total. The van der Waals surface area contributed by atoms with E-state index < -0.39 is 0 Å². The quantitative estimate of drug-likeness (QED) is 0.575. The molecule has 0 bridgehead atoms. The first-order chi connectivity index (χ1) is 11.1. The molecule has 114 valence electrons. The van der Waals surface area contributed by atoms with E-state index in [-0.39, 0.29) is 5.78 Å². The Hall–Kier alpha value is -2.32. The second-order valence-corrected chi connectivity index (χ2v) is 6.73. The monoisotopic (exact) mass is 318 g/mol. The number of rotatable bonds is 4. The van der Waals surface area contributed by atoms with E-state index in [2.05, 4.69) is 31.2 Å². The lowest BCUT2D eigenvalue weighted by molar-refractivity contribution is 0.103. The van der Waals surface area contributed by atoms with Gasteiger partial charge in [0.25, 0.3) is 0 Å². The zero-order valence-corrected chi connectivity index (χ0v) is 14.1. The molecule has 2 heteroatoms. The molecule has 0 aromatic heterocycles. The zero-order valence-electron chi connectivity index (χ0n) is 13.2. The lowest BCUT2D eigenvalue weighted by Gasteiger charge is -2.06. The van der Waals surface area contributed by atoms with Crippen LogP contribution in [0.25, 0.3) is 0 Å². The van der Waals surface area contributed by atoms with Crippen molar-refractivity contribution in [1.82, 2.24) is 0 Å². The molecule has 0 aliphatic heterocycles. The standard InChI is InChI=1S/C21H18OS/c1-15-7-11-18(12-8-15)23-19-13-9-17(10-14-19)21(22)20-6-4-3-5-16(20)2/h3-14H,1-2H3. The average Bonchev–Trinajstić information content (AvgIpc) is 2.57. The highest BCUT2D eigenvalue weighted by Gasteiger charge is 2.11. The molecule has 0 spiro atoms. The van der Waals surface area contributed by atoms with Gasteiger partial charge in [0.1, 0.15) is 0 Å². The van der Waals surface area contributed by atoms with Crippen LogP contribution in [0.2, 0.25) is 0 Å². The van der Waals surface area contributed by atoms with Crippen LogP contribution in [0, 0.1) is 13.8 Å². The number of hydrogen-bond acceptors (Lipinski definition) is 2. The van der Waals surface area contributed by atoms with Crippen LogP contribution in [0.3, 0.4) is 0 Å². The van der Waals surface area contributed by atoms with Crippen LogP contribution in [-0.4, -0.2) is 5.78 Å². The Morgan fingerprint density at radius 3 is 1.91 bits per heavy atom. The minimum Gasteiger partial charge on any atom is -0.289 e. The molecule has 0 N–H and O–H groups in total. The largest absolute Gasteiger partial charge is 0.289 e. The fourth-order valence-electron chi connectivity index (χ4n) is 2.40. The van der Waals surface area contributed by atoms with Crippen LogP contribution in [0.4, 0.5) is 0 Å². The van der Waals surface area contributed by atoms with E-state index in [9.17, 15) is 4.79 Å². The Balaban J connectivity index is 1.78. The van der Waals surface area contributed by atoms with E-state index in [0.717, 1.165) is 21.6 Å². The van der Waals surface area contributed by atoms with Crippen molar-refractivity contribution in [2.24, 2.45) is 0 Å². The fourth-order valence-corrected chi connectivity index (χ4v) is 3.22. The van der Waals surface area contributed by atoms with Gasteiger partial charge in [-0.25, -0.2) is 0 Å². The summed E-state index contributed by atoms with van der Waals surface area (Å²) in [7, 11) is 0. The molecule has 0 radical (unpaired) electrons. The molecule has 0 amide bonds. The lowest BCUT2D eigenvalue weighted by atomic mass is 9.99. The molecule has 3 aromatic rings. The van der Waals surface area contributed by atoms with E-state index in [4.69, 9.17) is 0 Å². The first-order valence-corrected chi connectivity index (χ1v) is 8.40. The molecule has 0 atom stereocenters. The summed E-state index contributed by atoms with van der Waals surface area (Å²) in [4.78, 5) is 14.9. The minimum atomic E-state index is 0.0787. The second-order valence-electron chi connectivity index (χ2n) is 5.58. The third-order valence-electron chi connectivity index (χ3n) is 3.76. The summed E-state index contributed by atoms with van der Waals surface area (Å²) in [5.41, 5.74) is 3.77. The van der Waals surface area contributed by atoms with Gasteiger partial charge in [0, 0.05) is 20.9 Å². The SMILES string of the molecule is Cc1ccc(Sc2ccc(C(=O)c3ccccc3C)cc2)cc1. The molecule has 23 heavy (non-hydrogen) atoms. The van der Waals surface area contributed by atoms with Crippen molar-refractivity contribution < 1.29 is 4.79 Å². The van der Waals surface area contributed by atoms with Crippen molar-refractivity contribution >= 4 is 17.5 Å². The van der Waals surface area contributed by atoms with Gasteiger partial charge in [0.05, 0.1) is 0 Å². The summed E-state index contributed by atoms with van der Waals surface area (Å²) >= 11 is 1.70. The van der Waals surface area contributed by atoms with Crippen molar-refractivity contribution in [2.75, 3.05) is 0 Å². The molecule has 3 rings (SSSR count). The number of carbonyl (C=O) groups is 1. The van der Waals surface area contributed by atoms with Crippen molar-refractivity contribution in [3.8, 4) is 0 Å². The Kier molecular flexibility index (Phi) is 4.63. The molecule has 0 aliphatic rings. The predicted molar refractivity (Wildman–Crippen MR) is 96.4 cm³/mol. The predicted octanol–water partition coefficient (Wildman–Crippen LogP) is 5.69. The van der Waals surface area contributed by atoms with Gasteiger partial charge in [-0.15, -0.1) is 0 Å². The van der Waals surface area contributed by atoms with Crippen LogP contribution in [0.15, 0.2) is 82.6 Å². The summed E-state index contributed by atoms with van der Waals surface area (Å²) in [6.07, 6.45) is 0. The maximum atomic E-state index is 12.6. The molecule has 3 aromatic carbocycles. The topological polar surface area (TPSA) is 17.1 Å². The van der Waals surface area contributed by atoms with Crippen LogP contribution in [0.5, 0.6) is 0 Å². The molecule has 0 heterocycles. The van der Waals surface area contributed by atoms with Crippen LogP contribution >= 0.6 is 11.8 Å². The second kappa shape index (κ2) is 6.84. The van der Waals surface area contributed by atoms with E-state index in [1.165, 1.54) is 10.5 Å². The summed E-state index contributed by atoms with van der Waals surface area (Å²) in [5.74, 6) is 0.0787. The van der Waals surface area contributed by atoms with E-state index in [0.29, 0.717) is 0 Å². The number of aryl methyl sites for hydroxylation is 2. The molecular weight excluding hydrogens is 300 g/mol. The van der Waals surface area contributed by atoms with Crippen LogP contribution in [0.1, 0.15) is 27.0 Å². The van der Waals surface area contributed by atoms with Gasteiger partial charge < -0.3 is 0 Å². The van der Waals surface area contributed by atoms with Gasteiger partial charge >= 0.3 is 0 Å². The Morgan fingerprint density at radius 1 is 0.739 bits per heavy atom. The Bertz CT molecular complexity index is 817. The zero-order chi connectivity index (χ0) is 16.2. The minimum absolute atomic E-state index is 0.0787. The Morgan fingerprint density at radius 2 is 1.30 bits per heavy atom. The fraction of sp³-hybridized carbons (Fsp3) is 0.0952. The summed E-state index contributed by atoms with van der Waals surface area (Å²) in [6, 6.07) is 24.0. The number of ketones is 1. The van der Waals surface area contributed by atoms with Gasteiger partial charge in [-0.1, -0.05) is 53.7 Å². The van der Waals surface area contributed by atoms with Crippen molar-refractivity contribution in [1.29, 1.82) is 0 Å². The smallest absolute Gasteiger partial charge is 0.193 e. The van der Waals surface area contributed by atoms with Crippen molar-refractivity contribution in [3.05, 3.63) is 95.1 Å². The number of carbonyl (C=O) groups excluding carboxylic acids is 1. The van der Waals surface area contributed by atoms with Crippen molar-refractivity contribution in [3.63, 3.8) is 0 Å². The molecule has 0 fully saturated rings. The third-order valence-corrected chi connectivity index (χ3v) is 4.78. The normalized spacial score (nSPS) is 10.5. The summed E-state index contributed by atoms with van der Waals surface area (Å²) < 4.78 is 0. The molecule has 0 unspecified atom stereocenters. The first-order valence-electron chi connectivity index (χ1n) is 7.58. The highest BCUT2D eigenvalue weighted by molar-refractivity contribution is 7.99. The van der Waals surface area contributed by atoms with E-state index in [1.807, 2.05) is 55.5 Å². The molecule has 0 saturated carbocycles.